The number of sulfonamides is 1. The number of amides is 1. The highest BCUT2D eigenvalue weighted by atomic mass is 35.5. The Morgan fingerprint density at radius 2 is 1.88 bits per heavy atom. The van der Waals surface area contributed by atoms with Gasteiger partial charge in [0.05, 0.1) is 5.75 Å². The van der Waals surface area contributed by atoms with Crippen LogP contribution < -0.4 is 10.5 Å². The van der Waals surface area contributed by atoms with Crippen molar-refractivity contribution in [2.45, 2.75) is 44.7 Å². The molecule has 1 aliphatic heterocycles. The molecule has 25 heavy (non-hydrogen) atoms. The van der Waals surface area contributed by atoms with Crippen molar-refractivity contribution in [1.29, 1.82) is 0 Å². The third-order valence-electron chi connectivity index (χ3n) is 4.29. The van der Waals surface area contributed by atoms with Gasteiger partial charge in [-0.2, -0.15) is 0 Å². The van der Waals surface area contributed by atoms with Crippen LogP contribution in [0, 0.1) is 0 Å². The Labute approximate surface area is 156 Å². The number of likely N-dealkylation sites (tertiary alicyclic amines) is 1. The summed E-state index contributed by atoms with van der Waals surface area (Å²) >= 11 is 0. The van der Waals surface area contributed by atoms with Crippen LogP contribution in [0.5, 0.6) is 0 Å². The number of benzene rings is 1. The van der Waals surface area contributed by atoms with Crippen LogP contribution in [0.3, 0.4) is 0 Å². The molecule has 1 atom stereocenters. The lowest BCUT2D eigenvalue weighted by Crippen LogP contribution is -2.47. The maximum Gasteiger partial charge on any atom is 0.224 e. The van der Waals surface area contributed by atoms with Gasteiger partial charge in [0, 0.05) is 31.6 Å². The predicted molar refractivity (Wildman–Crippen MR) is 102 cm³/mol. The van der Waals surface area contributed by atoms with Crippen molar-refractivity contribution in [3.05, 3.63) is 35.9 Å². The average Bonchev–Trinajstić information content (AvgIpc) is 2.55. The number of nitrogens with two attached hydrogens (primary N) is 1. The lowest BCUT2D eigenvalue weighted by Gasteiger charge is -2.33. The Balaban J connectivity index is 0.00000312. The van der Waals surface area contributed by atoms with Crippen molar-refractivity contribution >= 4 is 28.3 Å². The molecule has 1 unspecified atom stereocenters. The first-order valence-corrected chi connectivity index (χ1v) is 10.1. The maximum absolute atomic E-state index is 12.4. The van der Waals surface area contributed by atoms with Gasteiger partial charge in [0.1, 0.15) is 0 Å². The van der Waals surface area contributed by atoms with Gasteiger partial charge in [-0.3, -0.25) is 4.79 Å². The fourth-order valence-corrected chi connectivity index (χ4v) is 4.36. The highest BCUT2D eigenvalue weighted by molar-refractivity contribution is 7.89. The van der Waals surface area contributed by atoms with Crippen molar-refractivity contribution in [2.24, 2.45) is 5.73 Å². The van der Waals surface area contributed by atoms with Gasteiger partial charge < -0.3 is 10.6 Å². The zero-order valence-corrected chi connectivity index (χ0v) is 16.2. The molecule has 0 saturated carbocycles. The Kier molecular flexibility index (Phi) is 8.85. The minimum Gasteiger partial charge on any atom is -0.343 e. The molecule has 0 bridgehead atoms. The van der Waals surface area contributed by atoms with E-state index in [1.165, 1.54) is 0 Å². The lowest BCUT2D eigenvalue weighted by atomic mass is 10.0. The second-order valence-electron chi connectivity index (χ2n) is 6.31. The number of halogens is 1. The first-order valence-electron chi connectivity index (χ1n) is 8.49. The van der Waals surface area contributed by atoms with Crippen LogP contribution >= 0.6 is 12.4 Å². The first-order chi connectivity index (χ1) is 11.4. The van der Waals surface area contributed by atoms with E-state index in [1.54, 1.807) is 4.90 Å². The van der Waals surface area contributed by atoms with Gasteiger partial charge >= 0.3 is 0 Å². The number of carbonyl (C=O) groups is 1. The fourth-order valence-electron chi connectivity index (χ4n) is 2.96. The van der Waals surface area contributed by atoms with E-state index in [1.807, 2.05) is 37.3 Å². The molecule has 2 rings (SSSR count). The zero-order chi connectivity index (χ0) is 17.6. The van der Waals surface area contributed by atoms with Crippen molar-refractivity contribution in [2.75, 3.05) is 18.8 Å². The van der Waals surface area contributed by atoms with Crippen molar-refractivity contribution < 1.29 is 13.2 Å². The molecule has 3 N–H and O–H groups in total. The smallest absolute Gasteiger partial charge is 0.224 e. The van der Waals surface area contributed by atoms with E-state index in [0.29, 0.717) is 32.4 Å². The minimum absolute atomic E-state index is 0. The molecule has 1 aromatic rings. The summed E-state index contributed by atoms with van der Waals surface area (Å²) in [6.45, 7) is 2.98. The SMILES string of the molecule is CCCS(=O)(=O)NC1CCN(C(=O)CC(N)c2ccccc2)CC1.Cl. The molecule has 1 aliphatic rings. The molecule has 1 fully saturated rings. The summed E-state index contributed by atoms with van der Waals surface area (Å²) in [6, 6.07) is 9.20. The number of hydrogen-bond donors (Lipinski definition) is 2. The van der Waals surface area contributed by atoms with E-state index in [2.05, 4.69) is 4.72 Å². The van der Waals surface area contributed by atoms with Crippen molar-refractivity contribution in [3.63, 3.8) is 0 Å². The Morgan fingerprint density at radius 3 is 2.44 bits per heavy atom. The lowest BCUT2D eigenvalue weighted by molar-refractivity contribution is -0.132. The molecule has 8 heteroatoms. The zero-order valence-electron chi connectivity index (χ0n) is 14.6. The van der Waals surface area contributed by atoms with Crippen LogP contribution in [0.2, 0.25) is 0 Å². The van der Waals surface area contributed by atoms with Gasteiger partial charge in [-0.25, -0.2) is 13.1 Å². The molecule has 1 aromatic carbocycles. The second-order valence-corrected chi connectivity index (χ2v) is 8.19. The monoisotopic (exact) mass is 389 g/mol. The molecule has 0 aliphatic carbocycles. The molecule has 0 spiro atoms. The molecule has 6 nitrogen and oxygen atoms in total. The Morgan fingerprint density at radius 1 is 1.28 bits per heavy atom. The summed E-state index contributed by atoms with van der Waals surface area (Å²) in [4.78, 5) is 14.2. The first kappa shape index (κ1) is 21.9. The number of carbonyl (C=O) groups excluding carboxylic acids is 1. The summed E-state index contributed by atoms with van der Waals surface area (Å²) in [7, 11) is -3.20. The summed E-state index contributed by atoms with van der Waals surface area (Å²) in [5.41, 5.74) is 7.06. The summed E-state index contributed by atoms with van der Waals surface area (Å²) in [6.07, 6.45) is 2.17. The maximum atomic E-state index is 12.4. The molecule has 1 heterocycles. The normalized spacial score (nSPS) is 17.0. The van der Waals surface area contributed by atoms with Crippen LogP contribution in [0.25, 0.3) is 0 Å². The molecule has 0 aromatic heterocycles. The number of nitrogens with one attached hydrogen (secondary N) is 1. The summed E-state index contributed by atoms with van der Waals surface area (Å²) in [5.74, 6) is 0.180. The van der Waals surface area contributed by atoms with Gasteiger partial charge in [0.2, 0.25) is 15.9 Å². The largest absolute Gasteiger partial charge is 0.343 e. The number of piperidine rings is 1. The quantitative estimate of drug-likeness (QED) is 0.743. The molecular weight excluding hydrogens is 362 g/mol. The van der Waals surface area contributed by atoms with Gasteiger partial charge in [0.15, 0.2) is 0 Å². The van der Waals surface area contributed by atoms with Crippen molar-refractivity contribution in [1.82, 2.24) is 9.62 Å². The standard InChI is InChI=1S/C17H27N3O3S.ClH/c1-2-12-24(22,23)19-15-8-10-20(11-9-15)17(21)13-16(18)14-6-4-3-5-7-14;/h3-7,15-16,19H,2,8-13,18H2,1H3;1H. The van der Waals surface area contributed by atoms with Gasteiger partial charge in [0.25, 0.3) is 0 Å². The van der Waals surface area contributed by atoms with E-state index >= 15 is 0 Å². The highest BCUT2D eigenvalue weighted by Crippen LogP contribution is 2.18. The predicted octanol–water partition coefficient (Wildman–Crippen LogP) is 1.82. The van der Waals surface area contributed by atoms with Crippen molar-refractivity contribution in [3.8, 4) is 0 Å². The molecule has 0 radical (unpaired) electrons. The van der Waals surface area contributed by atoms with Crippen LogP contribution in [-0.4, -0.2) is 44.1 Å². The average molecular weight is 390 g/mol. The van der Waals surface area contributed by atoms with E-state index in [9.17, 15) is 13.2 Å². The van der Waals surface area contributed by atoms with E-state index < -0.39 is 10.0 Å². The number of hydrogen-bond acceptors (Lipinski definition) is 4. The van der Waals surface area contributed by atoms with Gasteiger partial charge in [-0.05, 0) is 24.8 Å². The van der Waals surface area contributed by atoms with E-state index in [0.717, 1.165) is 5.56 Å². The van der Waals surface area contributed by atoms with Crippen LogP contribution in [0.1, 0.15) is 44.2 Å². The van der Waals surface area contributed by atoms with E-state index in [-0.39, 0.29) is 42.6 Å². The molecular formula is C17H28ClN3O3S. The van der Waals surface area contributed by atoms with Gasteiger partial charge in [-0.1, -0.05) is 37.3 Å². The molecule has 142 valence electrons. The Hall–Kier alpha value is -1.15. The highest BCUT2D eigenvalue weighted by Gasteiger charge is 2.26. The molecule has 1 amide bonds. The van der Waals surface area contributed by atoms with Gasteiger partial charge in [-0.15, -0.1) is 12.4 Å². The second kappa shape index (κ2) is 10.1. The Bertz CT molecular complexity index is 632. The topological polar surface area (TPSA) is 92.5 Å². The fraction of sp³-hybridized carbons (Fsp3) is 0.588. The van der Waals surface area contributed by atoms with Crippen LogP contribution in [-0.2, 0) is 14.8 Å². The summed E-state index contributed by atoms with van der Waals surface area (Å²) in [5, 5.41) is 0. The third-order valence-corrected chi connectivity index (χ3v) is 5.93. The van der Waals surface area contributed by atoms with Crippen LogP contribution in [0.15, 0.2) is 30.3 Å². The number of rotatable bonds is 7. The molecule has 1 saturated heterocycles. The third kappa shape index (κ3) is 6.93. The number of nitrogens with zero attached hydrogens (tertiary/aromatic N) is 1. The summed E-state index contributed by atoms with van der Waals surface area (Å²) < 4.78 is 26.3. The van der Waals surface area contributed by atoms with E-state index in [4.69, 9.17) is 5.73 Å². The minimum atomic E-state index is -3.20. The van der Waals surface area contributed by atoms with Crippen LogP contribution in [0.4, 0.5) is 0 Å².